The lowest BCUT2D eigenvalue weighted by molar-refractivity contribution is 0.414. The first-order valence-electron chi connectivity index (χ1n) is 8.94. The van der Waals surface area contributed by atoms with Gasteiger partial charge in [-0.25, -0.2) is 0 Å². The van der Waals surface area contributed by atoms with Gasteiger partial charge in [-0.15, -0.1) is 10.2 Å². The van der Waals surface area contributed by atoms with Crippen molar-refractivity contribution in [2.24, 2.45) is 0 Å². The fourth-order valence-corrected chi connectivity index (χ4v) is 3.73. The number of nitrogens with zero attached hydrogens (tertiary/aromatic N) is 4. The molecule has 140 valence electrons. The number of aryl methyl sites for hydroxylation is 1. The van der Waals surface area contributed by atoms with Crippen molar-refractivity contribution in [3.05, 3.63) is 84.1 Å². The van der Waals surface area contributed by atoms with Gasteiger partial charge in [-0.2, -0.15) is 0 Å². The third-order valence-corrected chi connectivity index (χ3v) is 5.35. The Morgan fingerprint density at radius 3 is 2.39 bits per heavy atom. The summed E-state index contributed by atoms with van der Waals surface area (Å²) in [6.07, 6.45) is 1.77. The Kier molecular flexibility index (Phi) is 5.39. The molecule has 28 heavy (non-hydrogen) atoms. The van der Waals surface area contributed by atoms with Gasteiger partial charge < -0.3 is 4.74 Å². The lowest BCUT2D eigenvalue weighted by atomic mass is 10.2. The summed E-state index contributed by atoms with van der Waals surface area (Å²) in [5.74, 6) is 2.38. The molecule has 6 heteroatoms. The Bertz CT molecular complexity index is 1040. The molecule has 0 atom stereocenters. The van der Waals surface area contributed by atoms with Crippen LogP contribution >= 0.6 is 11.8 Å². The number of hydrogen-bond donors (Lipinski definition) is 0. The van der Waals surface area contributed by atoms with Crippen LogP contribution < -0.4 is 4.74 Å². The molecule has 0 radical (unpaired) electrons. The second kappa shape index (κ2) is 8.27. The minimum atomic E-state index is 0.738. The van der Waals surface area contributed by atoms with Gasteiger partial charge >= 0.3 is 0 Å². The maximum atomic E-state index is 5.23. The molecule has 0 fully saturated rings. The SMILES string of the molecule is COc1ccc(CSc2nnc(-c3ccccn3)n2-c2ccc(C)cc2)cc1. The van der Waals surface area contributed by atoms with Crippen molar-refractivity contribution in [3.8, 4) is 23.0 Å². The van der Waals surface area contributed by atoms with Crippen LogP contribution in [-0.4, -0.2) is 26.9 Å². The van der Waals surface area contributed by atoms with Gasteiger partial charge in [-0.3, -0.25) is 9.55 Å². The number of ether oxygens (including phenoxy) is 1. The molecule has 2 heterocycles. The first kappa shape index (κ1) is 18.3. The van der Waals surface area contributed by atoms with Crippen LogP contribution in [0.2, 0.25) is 0 Å². The third-order valence-electron chi connectivity index (χ3n) is 4.35. The van der Waals surface area contributed by atoms with Crippen LogP contribution in [0.1, 0.15) is 11.1 Å². The summed E-state index contributed by atoms with van der Waals surface area (Å²) >= 11 is 1.65. The average Bonchev–Trinajstić information content (AvgIpc) is 3.18. The molecule has 4 rings (SSSR count). The molecule has 0 aliphatic rings. The first-order valence-corrected chi connectivity index (χ1v) is 9.93. The normalized spacial score (nSPS) is 10.8. The van der Waals surface area contributed by atoms with Crippen LogP contribution in [0.25, 0.3) is 17.2 Å². The predicted octanol–water partition coefficient (Wildman–Crippen LogP) is 4.94. The molecule has 5 nitrogen and oxygen atoms in total. The van der Waals surface area contributed by atoms with E-state index in [0.717, 1.165) is 33.9 Å². The molecule has 0 bridgehead atoms. The highest BCUT2D eigenvalue weighted by atomic mass is 32.2. The summed E-state index contributed by atoms with van der Waals surface area (Å²) in [6, 6.07) is 22.2. The molecule has 0 saturated heterocycles. The topological polar surface area (TPSA) is 52.8 Å². The minimum absolute atomic E-state index is 0.738. The molecule has 2 aromatic heterocycles. The summed E-state index contributed by atoms with van der Waals surface area (Å²) in [5, 5.41) is 9.72. The van der Waals surface area contributed by atoms with Gasteiger partial charge in [0, 0.05) is 17.6 Å². The van der Waals surface area contributed by atoms with Gasteiger partial charge in [0.25, 0.3) is 0 Å². The highest BCUT2D eigenvalue weighted by Gasteiger charge is 2.17. The Balaban J connectivity index is 1.68. The van der Waals surface area contributed by atoms with Crippen molar-refractivity contribution < 1.29 is 4.74 Å². The molecule has 0 unspecified atom stereocenters. The van der Waals surface area contributed by atoms with Gasteiger partial charge in [0.05, 0.1) is 7.11 Å². The summed E-state index contributed by atoms with van der Waals surface area (Å²) < 4.78 is 7.30. The second-order valence-corrected chi connectivity index (χ2v) is 7.27. The molecular formula is C22H20N4OS. The predicted molar refractivity (Wildman–Crippen MR) is 112 cm³/mol. The standard InChI is InChI=1S/C22H20N4OS/c1-16-6-10-18(11-7-16)26-21(20-5-3-4-14-23-20)24-25-22(26)28-15-17-8-12-19(27-2)13-9-17/h3-14H,15H2,1-2H3. The van der Waals surface area contributed by atoms with E-state index >= 15 is 0 Å². The molecule has 0 spiro atoms. The van der Waals surface area contributed by atoms with Crippen LogP contribution in [0.4, 0.5) is 0 Å². The van der Waals surface area contributed by atoms with E-state index in [9.17, 15) is 0 Å². The summed E-state index contributed by atoms with van der Waals surface area (Å²) in [6.45, 7) is 2.08. The zero-order chi connectivity index (χ0) is 19.3. The molecule has 0 aliphatic carbocycles. The summed E-state index contributed by atoms with van der Waals surface area (Å²) in [5.41, 5.74) is 4.23. The first-order chi connectivity index (χ1) is 13.7. The number of pyridine rings is 1. The van der Waals surface area contributed by atoms with Crippen LogP contribution in [0, 0.1) is 6.92 Å². The smallest absolute Gasteiger partial charge is 0.196 e. The highest BCUT2D eigenvalue weighted by Crippen LogP contribution is 2.29. The van der Waals surface area contributed by atoms with Crippen molar-refractivity contribution in [2.75, 3.05) is 7.11 Å². The number of aromatic nitrogens is 4. The number of rotatable bonds is 6. The minimum Gasteiger partial charge on any atom is -0.497 e. The number of benzene rings is 2. The van der Waals surface area contributed by atoms with E-state index in [1.807, 2.05) is 30.3 Å². The molecule has 4 aromatic rings. The Morgan fingerprint density at radius 1 is 0.929 bits per heavy atom. The van der Waals surface area contributed by atoms with E-state index in [1.54, 1.807) is 25.1 Å². The highest BCUT2D eigenvalue weighted by molar-refractivity contribution is 7.98. The van der Waals surface area contributed by atoms with E-state index in [-0.39, 0.29) is 0 Å². The maximum absolute atomic E-state index is 5.23. The zero-order valence-corrected chi connectivity index (χ0v) is 16.6. The molecule has 0 saturated carbocycles. The number of methoxy groups -OCH3 is 1. The molecule has 0 N–H and O–H groups in total. The fourth-order valence-electron chi connectivity index (χ4n) is 2.82. The lowest BCUT2D eigenvalue weighted by Gasteiger charge is -2.10. The Hall–Kier alpha value is -3.12. The van der Waals surface area contributed by atoms with E-state index in [1.165, 1.54) is 11.1 Å². The van der Waals surface area contributed by atoms with Gasteiger partial charge in [0.2, 0.25) is 0 Å². The molecule has 0 amide bonds. The fraction of sp³-hybridized carbons (Fsp3) is 0.136. The van der Waals surface area contributed by atoms with E-state index < -0.39 is 0 Å². The second-order valence-electron chi connectivity index (χ2n) is 6.33. The van der Waals surface area contributed by atoms with Crippen LogP contribution in [0.15, 0.2) is 78.1 Å². The van der Waals surface area contributed by atoms with E-state index in [2.05, 4.69) is 63.1 Å². The van der Waals surface area contributed by atoms with Crippen LogP contribution in [0.3, 0.4) is 0 Å². The third kappa shape index (κ3) is 3.92. The van der Waals surface area contributed by atoms with Gasteiger partial charge in [-0.1, -0.05) is 47.7 Å². The quantitative estimate of drug-likeness (QED) is 0.438. The van der Waals surface area contributed by atoms with Crippen molar-refractivity contribution >= 4 is 11.8 Å². The maximum Gasteiger partial charge on any atom is 0.196 e. The van der Waals surface area contributed by atoms with Gasteiger partial charge in [0.1, 0.15) is 11.4 Å². The summed E-state index contributed by atoms with van der Waals surface area (Å²) in [4.78, 5) is 4.46. The number of hydrogen-bond acceptors (Lipinski definition) is 5. The number of thioether (sulfide) groups is 1. The van der Waals surface area contributed by atoms with Crippen molar-refractivity contribution in [1.29, 1.82) is 0 Å². The van der Waals surface area contributed by atoms with Gasteiger partial charge in [0.15, 0.2) is 11.0 Å². The van der Waals surface area contributed by atoms with E-state index in [4.69, 9.17) is 4.74 Å². The van der Waals surface area contributed by atoms with Gasteiger partial charge in [-0.05, 0) is 48.9 Å². The van der Waals surface area contributed by atoms with Crippen LogP contribution in [-0.2, 0) is 5.75 Å². The van der Waals surface area contributed by atoms with E-state index in [0.29, 0.717) is 0 Å². The van der Waals surface area contributed by atoms with Crippen molar-refractivity contribution in [2.45, 2.75) is 17.8 Å². The summed E-state index contributed by atoms with van der Waals surface area (Å²) in [7, 11) is 1.67. The molecular weight excluding hydrogens is 368 g/mol. The molecule has 2 aromatic carbocycles. The average molecular weight is 388 g/mol. The largest absolute Gasteiger partial charge is 0.497 e. The Labute approximate surface area is 168 Å². The van der Waals surface area contributed by atoms with Crippen molar-refractivity contribution in [3.63, 3.8) is 0 Å². The van der Waals surface area contributed by atoms with Crippen LogP contribution in [0.5, 0.6) is 5.75 Å². The monoisotopic (exact) mass is 388 g/mol. The Morgan fingerprint density at radius 2 is 1.71 bits per heavy atom. The lowest BCUT2D eigenvalue weighted by Crippen LogP contribution is -2.00. The molecule has 0 aliphatic heterocycles. The zero-order valence-electron chi connectivity index (χ0n) is 15.7. The van der Waals surface area contributed by atoms with Crippen molar-refractivity contribution in [1.82, 2.24) is 19.7 Å².